The third-order valence-electron chi connectivity index (χ3n) is 6.65. The summed E-state index contributed by atoms with van der Waals surface area (Å²) in [4.78, 5) is 14.0. The fraction of sp³-hybridized carbons (Fsp3) is 0.367. The molecule has 1 heterocycles. The lowest BCUT2D eigenvalue weighted by molar-refractivity contribution is -0.140. The molecule has 0 aromatic heterocycles. The van der Waals surface area contributed by atoms with Crippen molar-refractivity contribution < 1.29 is 18.7 Å². The maximum absolute atomic E-state index is 15.0. The van der Waals surface area contributed by atoms with Crippen molar-refractivity contribution in [2.45, 2.75) is 52.4 Å². The van der Waals surface area contributed by atoms with Crippen LogP contribution in [0.5, 0.6) is 5.75 Å². The predicted octanol–water partition coefficient (Wildman–Crippen LogP) is 5.79. The van der Waals surface area contributed by atoms with Gasteiger partial charge in [-0.05, 0) is 60.6 Å². The van der Waals surface area contributed by atoms with Gasteiger partial charge in [-0.3, -0.25) is 9.69 Å². The van der Waals surface area contributed by atoms with Crippen LogP contribution in [0, 0.1) is 12.7 Å². The zero-order valence-electron chi connectivity index (χ0n) is 22.1. The second-order valence-electron chi connectivity index (χ2n) is 9.74. The van der Waals surface area contributed by atoms with Gasteiger partial charge in [0.05, 0.1) is 19.3 Å². The number of carbonyl (C=O) groups is 1. The van der Waals surface area contributed by atoms with Gasteiger partial charge in [0.2, 0.25) is 0 Å². The van der Waals surface area contributed by atoms with Crippen molar-refractivity contribution in [3.05, 3.63) is 88.7 Å². The summed E-state index contributed by atoms with van der Waals surface area (Å²) >= 11 is 0. The first kappa shape index (κ1) is 27.1. The molecule has 4 rings (SSSR count). The van der Waals surface area contributed by atoms with Crippen LogP contribution in [-0.2, 0) is 29.0 Å². The van der Waals surface area contributed by atoms with E-state index in [4.69, 9.17) is 9.47 Å². The van der Waals surface area contributed by atoms with E-state index in [2.05, 4.69) is 48.3 Å². The lowest BCUT2D eigenvalue weighted by Gasteiger charge is -2.35. The highest BCUT2D eigenvalue weighted by atomic mass is 31.1. The average molecular weight is 523 g/mol. The fourth-order valence-corrected chi connectivity index (χ4v) is 5.76. The van der Waals surface area contributed by atoms with Crippen molar-refractivity contribution >= 4 is 25.5 Å². The number of para-hydroxylation sites is 2. The lowest BCUT2D eigenvalue weighted by atomic mass is 10.0. The van der Waals surface area contributed by atoms with E-state index in [1.807, 2.05) is 31.2 Å². The van der Waals surface area contributed by atoms with Crippen LogP contribution in [0.15, 0.2) is 60.7 Å². The predicted molar refractivity (Wildman–Crippen MR) is 150 cm³/mol. The van der Waals surface area contributed by atoms with E-state index in [0.29, 0.717) is 46.7 Å². The third-order valence-corrected chi connectivity index (χ3v) is 7.80. The average Bonchev–Trinajstić information content (AvgIpc) is 3.01. The molecule has 7 heteroatoms. The van der Waals surface area contributed by atoms with Gasteiger partial charge >= 0.3 is 5.97 Å². The quantitative estimate of drug-likeness (QED) is 0.285. The van der Waals surface area contributed by atoms with Gasteiger partial charge in [0.25, 0.3) is 0 Å². The molecule has 0 spiro atoms. The second-order valence-corrected chi connectivity index (χ2v) is 11.3. The van der Waals surface area contributed by atoms with Crippen LogP contribution in [0.2, 0.25) is 0 Å². The monoisotopic (exact) mass is 522 g/mol. The number of anilines is 1. The Kier molecular flexibility index (Phi) is 8.83. The van der Waals surface area contributed by atoms with Crippen molar-refractivity contribution in [3.8, 4) is 5.75 Å². The van der Waals surface area contributed by atoms with Crippen LogP contribution >= 0.6 is 8.58 Å². The van der Waals surface area contributed by atoms with Crippen molar-refractivity contribution in [1.29, 1.82) is 0 Å². The summed E-state index contributed by atoms with van der Waals surface area (Å²) in [5.74, 6) is 0.335. The van der Waals surface area contributed by atoms with Crippen LogP contribution in [-0.4, -0.2) is 36.4 Å². The fourth-order valence-electron chi connectivity index (χ4n) is 4.80. The minimum atomic E-state index is -0.849. The van der Waals surface area contributed by atoms with Crippen LogP contribution in [0.25, 0.3) is 0 Å². The van der Waals surface area contributed by atoms with Crippen molar-refractivity contribution in [1.82, 2.24) is 4.90 Å². The van der Waals surface area contributed by atoms with E-state index in [0.717, 1.165) is 28.3 Å². The molecule has 37 heavy (non-hydrogen) atoms. The number of aryl methyl sites for hydroxylation is 2. The summed E-state index contributed by atoms with van der Waals surface area (Å²) in [6, 6.07) is 19.7. The minimum Gasteiger partial charge on any atom is -0.469 e. The Bertz CT molecular complexity index is 1250. The smallest absolute Gasteiger partial charge is 0.305 e. The Morgan fingerprint density at radius 1 is 1.19 bits per heavy atom. The molecule has 3 aromatic rings. The van der Waals surface area contributed by atoms with Gasteiger partial charge in [0.15, 0.2) is 5.72 Å². The summed E-state index contributed by atoms with van der Waals surface area (Å²) in [7, 11) is 1.93. The Hall–Kier alpha value is -2.95. The number of fused-ring (bicyclic) bond motifs is 1. The minimum absolute atomic E-state index is 0.207. The number of hydrogen-bond acceptors (Lipinski definition) is 5. The second kappa shape index (κ2) is 12.1. The SMILES string of the molecule is CCPc1cccc(F)c1NC1(C)CN(Cc2cc(CCC(=O)OC)ccc2C)Cc2ccccc2O1. The number of esters is 1. The number of methoxy groups -OCH3 is 1. The first-order valence-corrected chi connectivity index (χ1v) is 14.0. The molecule has 0 fully saturated rings. The number of ether oxygens (including phenoxy) is 2. The molecule has 1 N–H and O–H groups in total. The highest BCUT2D eigenvalue weighted by Gasteiger charge is 2.35. The van der Waals surface area contributed by atoms with E-state index in [1.54, 1.807) is 6.07 Å². The number of halogens is 1. The molecular formula is C30H36FN2O3P. The van der Waals surface area contributed by atoms with Gasteiger partial charge in [-0.25, -0.2) is 4.39 Å². The van der Waals surface area contributed by atoms with Crippen LogP contribution in [0.1, 0.15) is 42.5 Å². The number of nitrogens with one attached hydrogen (secondary N) is 1. The summed E-state index contributed by atoms with van der Waals surface area (Å²) in [5, 5.41) is 4.43. The Labute approximate surface area is 221 Å². The van der Waals surface area contributed by atoms with E-state index in [9.17, 15) is 4.79 Å². The van der Waals surface area contributed by atoms with Crippen molar-refractivity contribution in [3.63, 3.8) is 0 Å². The molecule has 0 saturated heterocycles. The van der Waals surface area contributed by atoms with Gasteiger partial charge in [-0.15, -0.1) is 0 Å². The largest absolute Gasteiger partial charge is 0.469 e. The summed E-state index contributed by atoms with van der Waals surface area (Å²) in [6.07, 6.45) is 1.95. The Balaban J connectivity index is 1.63. The first-order chi connectivity index (χ1) is 17.8. The van der Waals surface area contributed by atoms with Gasteiger partial charge in [-0.1, -0.05) is 64.0 Å². The highest BCUT2D eigenvalue weighted by Crippen LogP contribution is 2.33. The molecule has 2 unspecified atom stereocenters. The molecule has 2 atom stereocenters. The normalized spacial score (nSPS) is 17.8. The molecule has 0 aliphatic carbocycles. The number of benzene rings is 3. The van der Waals surface area contributed by atoms with Crippen LogP contribution in [0.4, 0.5) is 10.1 Å². The summed E-state index contributed by atoms with van der Waals surface area (Å²) in [5.41, 5.74) is 4.26. The van der Waals surface area contributed by atoms with Crippen LogP contribution in [0.3, 0.4) is 0 Å². The Morgan fingerprint density at radius 3 is 2.78 bits per heavy atom. The molecule has 3 aromatic carbocycles. The molecule has 1 aliphatic heterocycles. The molecule has 0 amide bonds. The summed E-state index contributed by atoms with van der Waals surface area (Å²) in [6.45, 7) is 8.17. The van der Waals surface area contributed by atoms with Gasteiger partial charge < -0.3 is 14.8 Å². The number of nitrogens with zero attached hydrogens (tertiary/aromatic N) is 1. The van der Waals surface area contributed by atoms with E-state index in [-0.39, 0.29) is 11.8 Å². The standard InChI is InChI=1S/C30H36FN2O3P/c1-5-37-27-12-8-10-25(31)29(27)32-30(3)20-33(18-23-9-6-7-11-26(23)36-30)19-24-17-22(14-13-21(24)2)15-16-28(34)35-4/h6-14,17,32,37H,5,15-16,18-20H2,1-4H3. The third kappa shape index (κ3) is 6.88. The molecule has 0 radical (unpaired) electrons. The van der Waals surface area contributed by atoms with Gasteiger partial charge in [0, 0.05) is 25.1 Å². The number of carbonyl (C=O) groups excluding carboxylic acids is 1. The zero-order chi connectivity index (χ0) is 26.4. The van der Waals surface area contributed by atoms with E-state index in [1.165, 1.54) is 24.3 Å². The zero-order valence-corrected chi connectivity index (χ0v) is 23.1. The highest BCUT2D eigenvalue weighted by molar-refractivity contribution is 7.47. The molecule has 0 saturated carbocycles. The maximum atomic E-state index is 15.0. The maximum Gasteiger partial charge on any atom is 0.305 e. The molecule has 0 bridgehead atoms. The van der Waals surface area contributed by atoms with E-state index >= 15 is 4.39 Å². The van der Waals surface area contributed by atoms with Crippen molar-refractivity contribution in [2.75, 3.05) is 25.1 Å². The topological polar surface area (TPSA) is 50.8 Å². The Morgan fingerprint density at radius 2 is 2.00 bits per heavy atom. The summed E-state index contributed by atoms with van der Waals surface area (Å²) < 4.78 is 26.4. The van der Waals surface area contributed by atoms with E-state index < -0.39 is 5.72 Å². The van der Waals surface area contributed by atoms with Gasteiger partial charge in [0.1, 0.15) is 11.6 Å². The lowest BCUT2D eigenvalue weighted by Crippen LogP contribution is -2.50. The molecule has 196 valence electrons. The van der Waals surface area contributed by atoms with Gasteiger partial charge in [-0.2, -0.15) is 0 Å². The first-order valence-electron chi connectivity index (χ1n) is 12.8. The molecule has 1 aliphatic rings. The van der Waals surface area contributed by atoms with Crippen LogP contribution < -0.4 is 15.4 Å². The molecule has 5 nitrogen and oxygen atoms in total. The number of hydrogen-bond donors (Lipinski definition) is 1. The van der Waals surface area contributed by atoms with Crippen molar-refractivity contribution in [2.24, 2.45) is 0 Å². The number of rotatable bonds is 9. The molecular weight excluding hydrogens is 486 g/mol.